The summed E-state index contributed by atoms with van der Waals surface area (Å²) in [4.78, 5) is 0. The van der Waals surface area contributed by atoms with Gasteiger partial charge in [-0.2, -0.15) is 0 Å². The van der Waals surface area contributed by atoms with Gasteiger partial charge in [-0.1, -0.05) is 15.9 Å². The van der Waals surface area contributed by atoms with Crippen LogP contribution in [0.15, 0.2) is 22.7 Å². The zero-order valence-electron chi connectivity index (χ0n) is 10.4. The Kier molecular flexibility index (Phi) is 4.86. The van der Waals surface area contributed by atoms with E-state index in [1.165, 1.54) is 12.1 Å². The molecule has 1 aromatic carbocycles. The van der Waals surface area contributed by atoms with Crippen LogP contribution in [-0.4, -0.2) is 8.96 Å². The van der Waals surface area contributed by atoms with E-state index in [-0.39, 0.29) is 16.6 Å². The van der Waals surface area contributed by atoms with E-state index in [1.54, 1.807) is 6.07 Å². The molecular weight excluding hydrogens is 305 g/mol. The Hall–Kier alpha value is -0.260. The van der Waals surface area contributed by atoms with Crippen LogP contribution in [0.2, 0.25) is 0 Å². The largest absolute Gasteiger partial charge is 0.242 e. The summed E-state index contributed by atoms with van der Waals surface area (Å²) in [5, 5.41) is 0. The number of benzene rings is 1. The minimum atomic E-state index is -1.18. The Balaban J connectivity index is 2.87. The first-order chi connectivity index (χ1) is 7.71. The van der Waals surface area contributed by atoms with Crippen molar-refractivity contribution in [1.82, 2.24) is 4.72 Å². The molecule has 1 N–H and O–H groups in total. The van der Waals surface area contributed by atoms with Crippen LogP contribution in [0.1, 0.15) is 39.3 Å². The second-order valence-electron chi connectivity index (χ2n) is 4.89. The van der Waals surface area contributed by atoms with E-state index in [9.17, 15) is 8.60 Å². The minimum absolute atomic E-state index is 0.180. The maximum absolute atomic E-state index is 13.2. The van der Waals surface area contributed by atoms with Crippen molar-refractivity contribution in [2.45, 2.75) is 38.5 Å². The van der Waals surface area contributed by atoms with Crippen molar-refractivity contribution in [3.05, 3.63) is 34.1 Å². The molecule has 0 amide bonds. The molecule has 2 atom stereocenters. The summed E-state index contributed by atoms with van der Waals surface area (Å²) in [5.41, 5.74) is 0.766. The van der Waals surface area contributed by atoms with E-state index in [0.717, 1.165) is 10.0 Å². The van der Waals surface area contributed by atoms with Crippen molar-refractivity contribution in [2.24, 2.45) is 0 Å². The van der Waals surface area contributed by atoms with E-state index < -0.39 is 11.0 Å². The third-order valence-electron chi connectivity index (χ3n) is 2.26. The van der Waals surface area contributed by atoms with Crippen LogP contribution in [0.3, 0.4) is 0 Å². The van der Waals surface area contributed by atoms with Gasteiger partial charge in [0, 0.05) is 10.5 Å². The van der Waals surface area contributed by atoms with Gasteiger partial charge in [-0.3, -0.25) is 0 Å². The molecule has 17 heavy (non-hydrogen) atoms. The standard InChI is InChI=1S/C12H17BrFNOS/c1-8(15-17(16)12(2,3)4)10-7-9(14)5-6-11(10)13/h5-8,15H,1-4H3/t8-,17?/m1/s1. The maximum Gasteiger partial charge on any atom is 0.123 e. The molecule has 0 aliphatic heterocycles. The van der Waals surface area contributed by atoms with Crippen molar-refractivity contribution >= 4 is 26.9 Å². The van der Waals surface area contributed by atoms with Crippen LogP contribution in [0.5, 0.6) is 0 Å². The SMILES string of the molecule is C[C@@H](NS(=O)C(C)(C)C)c1cc(F)ccc1Br. The van der Waals surface area contributed by atoms with Gasteiger partial charge in [0.25, 0.3) is 0 Å². The first-order valence-corrected chi connectivity index (χ1v) is 7.29. The fourth-order valence-electron chi connectivity index (χ4n) is 1.25. The molecule has 0 aliphatic rings. The number of rotatable bonds is 3. The van der Waals surface area contributed by atoms with Crippen LogP contribution < -0.4 is 4.72 Å². The topological polar surface area (TPSA) is 29.1 Å². The molecule has 0 bridgehead atoms. The number of hydrogen-bond donors (Lipinski definition) is 1. The first-order valence-electron chi connectivity index (χ1n) is 5.35. The molecule has 0 saturated carbocycles. The van der Waals surface area contributed by atoms with Gasteiger partial charge in [0.05, 0.1) is 15.7 Å². The molecule has 1 unspecified atom stereocenters. The van der Waals surface area contributed by atoms with Gasteiger partial charge in [0.15, 0.2) is 0 Å². The molecular formula is C12H17BrFNOS. The number of nitrogens with one attached hydrogen (secondary N) is 1. The van der Waals surface area contributed by atoms with Crippen LogP contribution in [0.25, 0.3) is 0 Å². The highest BCUT2D eigenvalue weighted by Crippen LogP contribution is 2.25. The van der Waals surface area contributed by atoms with Crippen LogP contribution in [0, 0.1) is 5.82 Å². The van der Waals surface area contributed by atoms with Gasteiger partial charge < -0.3 is 0 Å². The second kappa shape index (κ2) is 5.59. The highest BCUT2D eigenvalue weighted by Gasteiger charge is 2.22. The Morgan fingerprint density at radius 1 is 1.41 bits per heavy atom. The monoisotopic (exact) mass is 321 g/mol. The lowest BCUT2D eigenvalue weighted by Crippen LogP contribution is -2.34. The molecule has 2 nitrogen and oxygen atoms in total. The summed E-state index contributed by atoms with van der Waals surface area (Å²) in [6.07, 6.45) is 0. The van der Waals surface area contributed by atoms with Gasteiger partial charge in [0.1, 0.15) is 5.82 Å². The molecule has 96 valence electrons. The molecule has 0 fully saturated rings. The van der Waals surface area contributed by atoms with E-state index in [2.05, 4.69) is 20.7 Å². The maximum atomic E-state index is 13.2. The lowest BCUT2D eigenvalue weighted by molar-refractivity contribution is 0.604. The first kappa shape index (κ1) is 14.8. The molecule has 5 heteroatoms. The summed E-state index contributed by atoms with van der Waals surface area (Å²) in [5.74, 6) is -0.293. The lowest BCUT2D eigenvalue weighted by Gasteiger charge is -2.22. The van der Waals surface area contributed by atoms with Crippen LogP contribution >= 0.6 is 15.9 Å². The molecule has 0 heterocycles. The van der Waals surface area contributed by atoms with Gasteiger partial charge in [-0.05, 0) is 51.5 Å². The van der Waals surface area contributed by atoms with Crippen LogP contribution in [-0.2, 0) is 11.0 Å². The molecule has 0 saturated heterocycles. The zero-order valence-corrected chi connectivity index (χ0v) is 12.8. The van der Waals surface area contributed by atoms with Gasteiger partial charge in [-0.25, -0.2) is 13.3 Å². The van der Waals surface area contributed by atoms with Gasteiger partial charge >= 0.3 is 0 Å². The van der Waals surface area contributed by atoms with E-state index in [4.69, 9.17) is 0 Å². The molecule has 0 aromatic heterocycles. The van der Waals surface area contributed by atoms with Crippen molar-refractivity contribution in [1.29, 1.82) is 0 Å². The molecule has 0 radical (unpaired) electrons. The highest BCUT2D eigenvalue weighted by molar-refractivity contribution is 9.10. The summed E-state index contributed by atoms with van der Waals surface area (Å²) in [7, 11) is -1.18. The summed E-state index contributed by atoms with van der Waals surface area (Å²) in [6, 6.07) is 4.31. The Morgan fingerprint density at radius 2 is 2.00 bits per heavy atom. The fraction of sp³-hybridized carbons (Fsp3) is 0.500. The smallest absolute Gasteiger partial charge is 0.123 e. The van der Waals surface area contributed by atoms with E-state index in [1.807, 2.05) is 27.7 Å². The third-order valence-corrected chi connectivity index (χ3v) is 4.67. The molecule has 0 aliphatic carbocycles. The Bertz CT molecular complexity index is 431. The third kappa shape index (κ3) is 4.16. The average molecular weight is 322 g/mol. The second-order valence-corrected chi connectivity index (χ2v) is 7.74. The van der Waals surface area contributed by atoms with Crippen LogP contribution in [0.4, 0.5) is 4.39 Å². The van der Waals surface area contributed by atoms with E-state index >= 15 is 0 Å². The van der Waals surface area contributed by atoms with Crippen molar-refractivity contribution < 1.29 is 8.60 Å². The summed E-state index contributed by atoms with van der Waals surface area (Å²) < 4.78 is 28.5. The summed E-state index contributed by atoms with van der Waals surface area (Å²) >= 11 is 3.37. The molecule has 1 rings (SSSR count). The van der Waals surface area contributed by atoms with Crippen molar-refractivity contribution in [2.75, 3.05) is 0 Å². The lowest BCUT2D eigenvalue weighted by atomic mass is 10.1. The molecule has 1 aromatic rings. The quantitative estimate of drug-likeness (QED) is 0.903. The molecule has 0 spiro atoms. The number of halogens is 2. The van der Waals surface area contributed by atoms with Gasteiger partial charge in [-0.15, -0.1) is 0 Å². The minimum Gasteiger partial charge on any atom is -0.242 e. The van der Waals surface area contributed by atoms with Crippen molar-refractivity contribution in [3.63, 3.8) is 0 Å². The predicted molar refractivity (Wildman–Crippen MR) is 73.5 cm³/mol. The van der Waals surface area contributed by atoms with Gasteiger partial charge in [0.2, 0.25) is 0 Å². The average Bonchev–Trinajstić information content (AvgIpc) is 2.20. The number of hydrogen-bond acceptors (Lipinski definition) is 1. The normalized spacial score (nSPS) is 15.6. The predicted octanol–water partition coefficient (Wildman–Crippen LogP) is 3.70. The zero-order chi connectivity index (χ0) is 13.2. The Labute approximate surface area is 113 Å². The highest BCUT2D eigenvalue weighted by atomic mass is 79.9. The van der Waals surface area contributed by atoms with E-state index in [0.29, 0.717) is 0 Å². The van der Waals surface area contributed by atoms with Crippen molar-refractivity contribution in [3.8, 4) is 0 Å². The Morgan fingerprint density at radius 3 is 2.53 bits per heavy atom. The summed E-state index contributed by atoms with van der Waals surface area (Å²) in [6.45, 7) is 7.54. The fourth-order valence-corrected chi connectivity index (χ4v) is 2.64.